The fourth-order valence-corrected chi connectivity index (χ4v) is 1.78. The van der Waals surface area contributed by atoms with Gasteiger partial charge in [0.15, 0.2) is 6.54 Å². The van der Waals surface area contributed by atoms with Crippen molar-refractivity contribution in [1.82, 2.24) is 9.55 Å². The van der Waals surface area contributed by atoms with E-state index in [2.05, 4.69) is 4.98 Å². The molecule has 0 aliphatic carbocycles. The average Bonchev–Trinajstić information content (AvgIpc) is 2.83. The molecule has 0 aliphatic rings. The van der Waals surface area contributed by atoms with Gasteiger partial charge in [0.2, 0.25) is 5.78 Å². The molecule has 0 N–H and O–H groups in total. The third kappa shape index (κ3) is 2.91. The molecule has 0 radical (unpaired) electrons. The zero-order chi connectivity index (χ0) is 15.6. The Morgan fingerprint density at radius 3 is 2.33 bits per heavy atom. The molecular weight excluding hydrogens is 280 g/mol. The molecule has 0 amide bonds. The van der Waals surface area contributed by atoms with Gasteiger partial charge in [-0.3, -0.25) is 4.79 Å². The van der Waals surface area contributed by atoms with Crippen molar-refractivity contribution in [3.63, 3.8) is 0 Å². The van der Waals surface area contributed by atoms with Crippen LogP contribution in [0.5, 0.6) is 0 Å². The predicted octanol–water partition coefficient (Wildman–Crippen LogP) is 1.89. The van der Waals surface area contributed by atoms with E-state index in [0.717, 1.165) is 16.5 Å². The summed E-state index contributed by atoms with van der Waals surface area (Å²) in [7, 11) is 0. The van der Waals surface area contributed by atoms with Crippen LogP contribution in [0.25, 0.3) is 0 Å². The van der Waals surface area contributed by atoms with E-state index in [9.17, 15) is 25.0 Å². The number of nitrogens with zero attached hydrogens (tertiary/aromatic N) is 4. The summed E-state index contributed by atoms with van der Waals surface area (Å²) >= 11 is 0. The topological polar surface area (TPSA) is 121 Å². The molecular formula is C12H10N4O5. The van der Waals surface area contributed by atoms with Crippen molar-refractivity contribution >= 4 is 17.4 Å². The van der Waals surface area contributed by atoms with Crippen LogP contribution in [0.1, 0.15) is 15.9 Å². The number of carbonyl (C=O) groups is 1. The van der Waals surface area contributed by atoms with Crippen molar-refractivity contribution in [3.8, 4) is 0 Å². The number of ketones is 1. The van der Waals surface area contributed by atoms with Crippen LogP contribution in [0, 0.1) is 27.2 Å². The molecule has 2 aromatic rings. The van der Waals surface area contributed by atoms with E-state index in [0.29, 0.717) is 5.56 Å². The number of Topliss-reactive ketones (excluding diaryl/α,β-unsaturated/α-hetero) is 1. The highest BCUT2D eigenvalue weighted by Crippen LogP contribution is 2.24. The molecule has 0 aliphatic heterocycles. The van der Waals surface area contributed by atoms with E-state index in [1.807, 2.05) is 6.92 Å². The Morgan fingerprint density at radius 2 is 1.81 bits per heavy atom. The highest BCUT2D eigenvalue weighted by atomic mass is 16.6. The van der Waals surface area contributed by atoms with Gasteiger partial charge in [0.05, 0.1) is 0 Å². The molecule has 108 valence electrons. The monoisotopic (exact) mass is 290 g/mol. The number of benzene rings is 1. The van der Waals surface area contributed by atoms with Crippen LogP contribution >= 0.6 is 0 Å². The third-order valence-electron chi connectivity index (χ3n) is 2.82. The number of rotatable bonds is 5. The van der Waals surface area contributed by atoms with Gasteiger partial charge in [0.1, 0.15) is 0 Å². The van der Waals surface area contributed by atoms with Gasteiger partial charge in [-0.25, -0.2) is 0 Å². The van der Waals surface area contributed by atoms with Crippen molar-refractivity contribution in [1.29, 1.82) is 0 Å². The maximum atomic E-state index is 12.0. The number of hydrogen-bond donors (Lipinski definition) is 0. The van der Waals surface area contributed by atoms with E-state index in [-0.39, 0.29) is 6.54 Å². The van der Waals surface area contributed by atoms with Crippen molar-refractivity contribution in [2.45, 2.75) is 13.5 Å². The minimum Gasteiger partial charge on any atom is -0.358 e. The zero-order valence-electron chi connectivity index (χ0n) is 10.9. The summed E-state index contributed by atoms with van der Waals surface area (Å²) in [5.74, 6) is -2.08. The van der Waals surface area contributed by atoms with Gasteiger partial charge < -0.3 is 20.2 Å². The second-order valence-electron chi connectivity index (χ2n) is 4.32. The van der Waals surface area contributed by atoms with Crippen LogP contribution in [0.3, 0.4) is 0 Å². The Kier molecular flexibility index (Phi) is 3.74. The largest absolute Gasteiger partial charge is 0.462 e. The van der Waals surface area contributed by atoms with Crippen LogP contribution in [0.15, 0.2) is 30.6 Å². The van der Waals surface area contributed by atoms with Gasteiger partial charge in [-0.15, -0.1) is 0 Å². The van der Waals surface area contributed by atoms with Crippen molar-refractivity contribution in [3.05, 3.63) is 61.9 Å². The number of nitro groups is 2. The first-order valence-electron chi connectivity index (χ1n) is 5.84. The quantitative estimate of drug-likeness (QED) is 0.471. The molecule has 0 spiro atoms. The summed E-state index contributed by atoms with van der Waals surface area (Å²) in [6, 6.07) is 6.65. The predicted molar refractivity (Wildman–Crippen MR) is 71.0 cm³/mol. The van der Waals surface area contributed by atoms with E-state index < -0.39 is 27.3 Å². The average molecular weight is 290 g/mol. The first-order valence-corrected chi connectivity index (χ1v) is 5.84. The molecule has 0 atom stereocenters. The Bertz CT molecular complexity index is 720. The second-order valence-corrected chi connectivity index (χ2v) is 4.32. The summed E-state index contributed by atoms with van der Waals surface area (Å²) in [5.41, 5.74) is 1.34. The zero-order valence-corrected chi connectivity index (χ0v) is 10.9. The number of aromatic nitrogens is 2. The summed E-state index contributed by atoms with van der Waals surface area (Å²) < 4.78 is 0.861. The summed E-state index contributed by atoms with van der Waals surface area (Å²) in [5, 5.41) is 21.6. The van der Waals surface area contributed by atoms with E-state index >= 15 is 0 Å². The number of aryl methyl sites for hydroxylation is 1. The van der Waals surface area contributed by atoms with Crippen LogP contribution in [0.2, 0.25) is 0 Å². The number of carbonyl (C=O) groups excluding carboxylic acids is 1. The maximum absolute atomic E-state index is 12.0. The summed E-state index contributed by atoms with van der Waals surface area (Å²) in [6.45, 7) is 1.47. The van der Waals surface area contributed by atoms with E-state index in [1.54, 1.807) is 24.3 Å². The minimum absolute atomic E-state index is 0.367. The third-order valence-corrected chi connectivity index (χ3v) is 2.82. The number of hydrogen-bond acceptors (Lipinski definition) is 6. The molecule has 9 heteroatoms. The molecule has 0 fully saturated rings. The fraction of sp³-hybridized carbons (Fsp3) is 0.167. The maximum Gasteiger partial charge on any atom is 0.462 e. The van der Waals surface area contributed by atoms with Gasteiger partial charge in [0.25, 0.3) is 6.33 Å². The molecule has 9 nitrogen and oxygen atoms in total. The molecule has 21 heavy (non-hydrogen) atoms. The van der Waals surface area contributed by atoms with Gasteiger partial charge in [-0.1, -0.05) is 29.8 Å². The lowest BCUT2D eigenvalue weighted by molar-refractivity contribution is -0.428. The Hall–Kier alpha value is -3.10. The van der Waals surface area contributed by atoms with Gasteiger partial charge in [0, 0.05) is 10.5 Å². The number of imidazole rings is 1. The van der Waals surface area contributed by atoms with Crippen molar-refractivity contribution in [2.75, 3.05) is 0 Å². The normalized spacial score (nSPS) is 10.3. The first kappa shape index (κ1) is 14.3. The molecule has 0 bridgehead atoms. The fourth-order valence-electron chi connectivity index (χ4n) is 1.78. The highest BCUT2D eigenvalue weighted by molar-refractivity contribution is 5.96. The second kappa shape index (κ2) is 5.49. The Balaban J connectivity index is 2.31. The highest BCUT2D eigenvalue weighted by Gasteiger charge is 2.33. The summed E-state index contributed by atoms with van der Waals surface area (Å²) in [6.07, 6.45) is 0.919. The molecule has 1 aromatic carbocycles. The van der Waals surface area contributed by atoms with Crippen LogP contribution in [-0.2, 0) is 6.54 Å². The van der Waals surface area contributed by atoms with Crippen molar-refractivity contribution < 1.29 is 14.6 Å². The van der Waals surface area contributed by atoms with Crippen LogP contribution in [-0.4, -0.2) is 25.2 Å². The lowest BCUT2D eigenvalue weighted by Gasteiger charge is -2.01. The standard InChI is InChI=1S/C12H10N4O5/c1-8-2-4-9(5-3-8)10(17)6-14-7-13-11(15(18)19)12(14)16(20)21/h2-5,7H,6H2,1H3. The molecule has 0 unspecified atom stereocenters. The lowest BCUT2D eigenvalue weighted by Crippen LogP contribution is -2.12. The Morgan fingerprint density at radius 1 is 1.19 bits per heavy atom. The van der Waals surface area contributed by atoms with Gasteiger partial charge >= 0.3 is 11.6 Å². The van der Waals surface area contributed by atoms with E-state index in [4.69, 9.17) is 0 Å². The van der Waals surface area contributed by atoms with Gasteiger partial charge in [-0.2, -0.15) is 4.57 Å². The molecule has 0 saturated heterocycles. The summed E-state index contributed by atoms with van der Waals surface area (Å²) in [4.78, 5) is 35.1. The first-order chi connectivity index (χ1) is 9.90. The lowest BCUT2D eigenvalue weighted by atomic mass is 10.1. The molecule has 1 heterocycles. The Labute approximate surface area is 118 Å². The smallest absolute Gasteiger partial charge is 0.358 e. The van der Waals surface area contributed by atoms with Crippen LogP contribution < -0.4 is 0 Å². The molecule has 2 rings (SSSR count). The molecule has 1 aromatic heterocycles. The minimum atomic E-state index is -0.953. The van der Waals surface area contributed by atoms with Gasteiger partial charge in [-0.05, 0) is 16.8 Å². The van der Waals surface area contributed by atoms with Crippen LogP contribution in [0.4, 0.5) is 11.6 Å². The van der Waals surface area contributed by atoms with Crippen molar-refractivity contribution in [2.24, 2.45) is 0 Å². The molecule has 0 saturated carbocycles. The SMILES string of the molecule is Cc1ccc(C(=O)Cn2cnc([N+](=O)[O-])c2[N+](=O)[O-])cc1. The van der Waals surface area contributed by atoms with E-state index in [1.165, 1.54) is 0 Å².